The monoisotopic (exact) mass is 239 g/mol. The molecule has 1 aliphatic carbocycles. The van der Waals surface area contributed by atoms with Crippen molar-refractivity contribution in [2.45, 2.75) is 44.7 Å². The second-order valence-electron chi connectivity index (χ2n) is 4.50. The van der Waals surface area contributed by atoms with Gasteiger partial charge in [0.05, 0.1) is 6.54 Å². The molecule has 1 heterocycles. The second-order valence-corrected chi connectivity index (χ2v) is 4.50. The summed E-state index contributed by atoms with van der Waals surface area (Å²) in [5.41, 5.74) is 0. The number of carbonyl (C=O) groups is 1. The van der Waals surface area contributed by atoms with E-state index in [9.17, 15) is 4.79 Å². The molecule has 6 heteroatoms. The smallest absolute Gasteiger partial charge is 0.320 e. The van der Waals surface area contributed by atoms with Crippen LogP contribution in [0.3, 0.4) is 0 Å². The topological polar surface area (TPSA) is 79.5 Å². The molecule has 0 saturated heterocycles. The van der Waals surface area contributed by atoms with Crippen LogP contribution >= 0.6 is 0 Å². The van der Waals surface area contributed by atoms with E-state index in [1.165, 1.54) is 0 Å². The molecular formula is C11H17N3O3. The molecule has 0 radical (unpaired) electrons. The number of hydrogen-bond acceptors (Lipinski definition) is 5. The van der Waals surface area contributed by atoms with E-state index in [1.54, 1.807) is 11.9 Å². The molecule has 1 N–H and O–H groups in total. The van der Waals surface area contributed by atoms with E-state index in [-0.39, 0.29) is 0 Å². The molecule has 17 heavy (non-hydrogen) atoms. The van der Waals surface area contributed by atoms with Gasteiger partial charge in [-0.1, -0.05) is 12.1 Å². The standard InChI is InChI=1S/C11H17N3O3/c1-3-8(11(15)16)14(2)6-9-12-10(13-17-9)7-4-5-7/h7-8H,3-6H2,1-2H3,(H,15,16). The maximum atomic E-state index is 11.0. The Morgan fingerprint density at radius 2 is 2.35 bits per heavy atom. The SMILES string of the molecule is CCC(C(=O)O)N(C)Cc1nc(C2CC2)no1. The third-order valence-corrected chi connectivity index (χ3v) is 3.01. The first-order valence-corrected chi connectivity index (χ1v) is 5.87. The molecule has 0 amide bonds. The van der Waals surface area contributed by atoms with E-state index >= 15 is 0 Å². The van der Waals surface area contributed by atoms with Crippen LogP contribution < -0.4 is 0 Å². The van der Waals surface area contributed by atoms with Crippen LogP contribution in [0.1, 0.15) is 43.8 Å². The van der Waals surface area contributed by atoms with Crippen molar-refractivity contribution in [1.82, 2.24) is 15.0 Å². The van der Waals surface area contributed by atoms with E-state index in [4.69, 9.17) is 9.63 Å². The van der Waals surface area contributed by atoms with E-state index in [2.05, 4.69) is 10.1 Å². The fourth-order valence-electron chi connectivity index (χ4n) is 1.84. The Labute approximate surface area is 99.6 Å². The zero-order valence-electron chi connectivity index (χ0n) is 10.1. The van der Waals surface area contributed by atoms with E-state index in [1.807, 2.05) is 6.92 Å². The Morgan fingerprint density at radius 1 is 1.65 bits per heavy atom. The summed E-state index contributed by atoms with van der Waals surface area (Å²) in [5.74, 6) is 0.891. The minimum atomic E-state index is -0.822. The summed E-state index contributed by atoms with van der Waals surface area (Å²) in [6, 6.07) is -0.508. The number of carboxylic acids is 1. The minimum absolute atomic E-state index is 0.379. The summed E-state index contributed by atoms with van der Waals surface area (Å²) in [6.07, 6.45) is 2.80. The molecule has 1 atom stereocenters. The van der Waals surface area contributed by atoms with Crippen molar-refractivity contribution in [2.24, 2.45) is 0 Å². The van der Waals surface area contributed by atoms with E-state index in [0.717, 1.165) is 18.7 Å². The first kappa shape index (κ1) is 12.0. The van der Waals surface area contributed by atoms with Gasteiger partial charge in [-0.3, -0.25) is 9.69 Å². The fraction of sp³-hybridized carbons (Fsp3) is 0.727. The molecule has 0 aliphatic heterocycles. The largest absolute Gasteiger partial charge is 0.480 e. The molecule has 1 unspecified atom stereocenters. The highest BCUT2D eigenvalue weighted by Gasteiger charge is 2.29. The predicted octanol–water partition coefficient (Wildman–Crippen LogP) is 1.24. The molecule has 1 saturated carbocycles. The highest BCUT2D eigenvalue weighted by molar-refractivity contribution is 5.73. The van der Waals surface area contributed by atoms with Crippen LogP contribution in [-0.2, 0) is 11.3 Å². The Bertz CT molecular complexity index is 400. The lowest BCUT2D eigenvalue weighted by atomic mass is 10.2. The summed E-state index contributed by atoms with van der Waals surface area (Å²) < 4.78 is 5.12. The summed E-state index contributed by atoms with van der Waals surface area (Å²) >= 11 is 0. The van der Waals surface area contributed by atoms with Crippen LogP contribution in [0, 0.1) is 0 Å². The molecule has 6 nitrogen and oxygen atoms in total. The van der Waals surface area contributed by atoms with Crippen LogP contribution in [0.5, 0.6) is 0 Å². The fourth-order valence-corrected chi connectivity index (χ4v) is 1.84. The van der Waals surface area contributed by atoms with Crippen molar-refractivity contribution in [2.75, 3.05) is 7.05 Å². The van der Waals surface area contributed by atoms with Crippen LogP contribution in [0.15, 0.2) is 4.52 Å². The van der Waals surface area contributed by atoms with Gasteiger partial charge in [0.2, 0.25) is 5.89 Å². The number of hydrogen-bond donors (Lipinski definition) is 1. The minimum Gasteiger partial charge on any atom is -0.480 e. The predicted molar refractivity (Wildman–Crippen MR) is 59.5 cm³/mol. The Kier molecular flexibility index (Phi) is 3.42. The molecular weight excluding hydrogens is 222 g/mol. The molecule has 0 spiro atoms. The third kappa shape index (κ3) is 2.82. The van der Waals surface area contributed by atoms with E-state index in [0.29, 0.717) is 24.8 Å². The van der Waals surface area contributed by atoms with Gasteiger partial charge in [-0.05, 0) is 26.3 Å². The van der Waals surface area contributed by atoms with Crippen molar-refractivity contribution in [3.63, 3.8) is 0 Å². The summed E-state index contributed by atoms with van der Waals surface area (Å²) in [5, 5.41) is 12.9. The molecule has 1 fully saturated rings. The summed E-state index contributed by atoms with van der Waals surface area (Å²) in [7, 11) is 1.75. The average Bonchev–Trinajstić information content (AvgIpc) is 3.01. The number of rotatable bonds is 6. The quantitative estimate of drug-likeness (QED) is 0.804. The normalized spacial score (nSPS) is 17.4. The van der Waals surface area contributed by atoms with Crippen molar-refractivity contribution >= 4 is 5.97 Å². The Hall–Kier alpha value is -1.43. The molecule has 1 aromatic rings. The molecule has 94 valence electrons. The van der Waals surface area contributed by atoms with Gasteiger partial charge in [-0.25, -0.2) is 0 Å². The molecule has 0 aromatic carbocycles. The number of aromatic nitrogens is 2. The lowest BCUT2D eigenvalue weighted by Crippen LogP contribution is -2.37. The Balaban J connectivity index is 1.96. The van der Waals surface area contributed by atoms with E-state index < -0.39 is 12.0 Å². The zero-order valence-corrected chi connectivity index (χ0v) is 10.1. The van der Waals surface area contributed by atoms with Gasteiger partial charge >= 0.3 is 5.97 Å². The lowest BCUT2D eigenvalue weighted by Gasteiger charge is -2.21. The maximum Gasteiger partial charge on any atom is 0.320 e. The van der Waals surface area contributed by atoms with Gasteiger partial charge in [0.25, 0.3) is 0 Å². The van der Waals surface area contributed by atoms with Crippen molar-refractivity contribution in [3.8, 4) is 0 Å². The number of aliphatic carboxylic acids is 1. The first-order valence-electron chi connectivity index (χ1n) is 5.87. The average molecular weight is 239 g/mol. The summed E-state index contributed by atoms with van der Waals surface area (Å²) in [6.45, 7) is 2.23. The van der Waals surface area contributed by atoms with Crippen molar-refractivity contribution in [1.29, 1.82) is 0 Å². The number of likely N-dealkylation sites (N-methyl/N-ethyl adjacent to an activating group) is 1. The second kappa shape index (κ2) is 4.83. The van der Waals surface area contributed by atoms with Gasteiger partial charge in [-0.2, -0.15) is 4.98 Å². The van der Waals surface area contributed by atoms with Gasteiger partial charge in [0, 0.05) is 5.92 Å². The molecule has 0 bridgehead atoms. The maximum absolute atomic E-state index is 11.0. The highest BCUT2D eigenvalue weighted by Crippen LogP contribution is 2.38. The van der Waals surface area contributed by atoms with Gasteiger partial charge in [-0.15, -0.1) is 0 Å². The first-order chi connectivity index (χ1) is 8.11. The Morgan fingerprint density at radius 3 is 2.88 bits per heavy atom. The van der Waals surface area contributed by atoms with Gasteiger partial charge < -0.3 is 9.63 Å². The van der Waals surface area contributed by atoms with Crippen LogP contribution in [0.4, 0.5) is 0 Å². The van der Waals surface area contributed by atoms with Gasteiger partial charge in [0.15, 0.2) is 5.82 Å². The van der Waals surface area contributed by atoms with Crippen LogP contribution in [0.2, 0.25) is 0 Å². The number of nitrogens with zero attached hydrogens (tertiary/aromatic N) is 3. The molecule has 2 rings (SSSR count). The molecule has 1 aromatic heterocycles. The van der Waals surface area contributed by atoms with Crippen molar-refractivity contribution in [3.05, 3.63) is 11.7 Å². The van der Waals surface area contributed by atoms with Crippen LogP contribution in [0.25, 0.3) is 0 Å². The van der Waals surface area contributed by atoms with Crippen molar-refractivity contribution < 1.29 is 14.4 Å². The van der Waals surface area contributed by atoms with Crippen LogP contribution in [-0.4, -0.2) is 39.2 Å². The lowest BCUT2D eigenvalue weighted by molar-refractivity contribution is -0.143. The third-order valence-electron chi connectivity index (χ3n) is 3.01. The van der Waals surface area contributed by atoms with Gasteiger partial charge in [0.1, 0.15) is 6.04 Å². The molecule has 1 aliphatic rings. The summed E-state index contributed by atoms with van der Waals surface area (Å²) in [4.78, 5) is 17.0. The zero-order chi connectivity index (χ0) is 12.4. The highest BCUT2D eigenvalue weighted by atomic mass is 16.5. The number of carboxylic acid groups (broad SMARTS) is 1.